The van der Waals surface area contributed by atoms with Crippen LogP contribution in [-0.4, -0.2) is 52.5 Å². The van der Waals surface area contributed by atoms with Crippen molar-refractivity contribution in [1.29, 1.82) is 0 Å². The predicted molar refractivity (Wildman–Crippen MR) is 131 cm³/mol. The average molecular weight is 568 g/mol. The fourth-order valence-corrected chi connectivity index (χ4v) is 3.57. The molecular weight excluding hydrogens is 533 g/mol. The van der Waals surface area contributed by atoms with Gasteiger partial charge in [-0.15, -0.1) is 24.0 Å². The van der Waals surface area contributed by atoms with Gasteiger partial charge in [0.25, 0.3) is 0 Å². The predicted octanol–water partition coefficient (Wildman–Crippen LogP) is 4.34. The van der Waals surface area contributed by atoms with Gasteiger partial charge in [-0.05, 0) is 42.9 Å². The van der Waals surface area contributed by atoms with Gasteiger partial charge in [0.2, 0.25) is 0 Å². The van der Waals surface area contributed by atoms with Gasteiger partial charge in [0, 0.05) is 56.5 Å². The summed E-state index contributed by atoms with van der Waals surface area (Å²) in [6.07, 6.45) is 3.00. The molecule has 160 valence electrons. The van der Waals surface area contributed by atoms with E-state index in [1.807, 2.05) is 7.05 Å². The molecule has 0 spiro atoms. The fourth-order valence-electron chi connectivity index (χ4n) is 3.31. The normalized spacial score (nSPS) is 16.5. The van der Waals surface area contributed by atoms with Crippen LogP contribution in [0.4, 0.5) is 0 Å². The molecule has 1 aliphatic heterocycles. The van der Waals surface area contributed by atoms with Crippen molar-refractivity contribution in [1.82, 2.24) is 10.6 Å². The van der Waals surface area contributed by atoms with Gasteiger partial charge in [-0.3, -0.25) is 4.99 Å². The topological polar surface area (TPSA) is 54.9 Å². The number of nitrogens with one attached hydrogen (secondary N) is 2. The lowest BCUT2D eigenvalue weighted by molar-refractivity contribution is 0.0513. The molecule has 1 heterocycles. The lowest BCUT2D eigenvalue weighted by atomic mass is 9.74. The second kappa shape index (κ2) is 13.8. The summed E-state index contributed by atoms with van der Waals surface area (Å²) < 4.78 is 12.4. The zero-order valence-corrected chi connectivity index (χ0v) is 21.2. The highest BCUT2D eigenvalue weighted by atomic mass is 127. The van der Waals surface area contributed by atoms with E-state index < -0.39 is 0 Å². The smallest absolute Gasteiger partial charge is 0.191 e. The van der Waals surface area contributed by atoms with Crippen molar-refractivity contribution >= 4 is 45.9 Å². The Kier molecular flexibility index (Phi) is 12.6. The molecule has 0 aliphatic carbocycles. The van der Waals surface area contributed by atoms with Crippen LogP contribution >= 0.6 is 39.9 Å². The van der Waals surface area contributed by atoms with Crippen molar-refractivity contribution in [2.24, 2.45) is 10.9 Å². The second-order valence-electron chi connectivity index (χ2n) is 7.57. The Hall–Kier alpha value is -0.380. The molecule has 2 N–H and O–H groups in total. The summed E-state index contributed by atoms with van der Waals surface area (Å²) in [6, 6.07) is 8.69. The molecule has 0 unspecified atom stereocenters. The van der Waals surface area contributed by atoms with E-state index in [-0.39, 0.29) is 29.4 Å². The third kappa shape index (κ3) is 8.55. The van der Waals surface area contributed by atoms with Crippen LogP contribution in [0.15, 0.2) is 33.7 Å². The number of rotatable bonds is 9. The van der Waals surface area contributed by atoms with Crippen molar-refractivity contribution in [2.45, 2.75) is 38.5 Å². The van der Waals surface area contributed by atoms with Gasteiger partial charge in [-0.1, -0.05) is 41.9 Å². The van der Waals surface area contributed by atoms with Crippen LogP contribution in [0.5, 0.6) is 0 Å². The minimum atomic E-state index is 0. The third-order valence-corrected chi connectivity index (χ3v) is 5.46. The maximum Gasteiger partial charge on any atom is 0.191 e. The van der Waals surface area contributed by atoms with Crippen molar-refractivity contribution in [3.05, 3.63) is 34.3 Å². The quantitative estimate of drug-likeness (QED) is 0.202. The highest BCUT2D eigenvalue weighted by Crippen LogP contribution is 2.34. The van der Waals surface area contributed by atoms with E-state index in [0.717, 1.165) is 69.2 Å². The molecule has 1 saturated heterocycles. The number of guanidine groups is 1. The van der Waals surface area contributed by atoms with E-state index >= 15 is 0 Å². The zero-order valence-electron chi connectivity index (χ0n) is 17.3. The number of nitrogens with zero attached hydrogens (tertiary/aromatic N) is 1. The van der Waals surface area contributed by atoms with E-state index in [2.05, 4.69) is 69.7 Å². The second-order valence-corrected chi connectivity index (χ2v) is 8.49. The van der Waals surface area contributed by atoms with E-state index in [1.54, 1.807) is 0 Å². The SMILES string of the molecule is CN=C(NCCCOCC(C)C)NCC1(c2ccc(Br)cc2)CCOCC1.I. The summed E-state index contributed by atoms with van der Waals surface area (Å²) in [5.41, 5.74) is 1.44. The summed E-state index contributed by atoms with van der Waals surface area (Å²) >= 11 is 3.53. The summed E-state index contributed by atoms with van der Waals surface area (Å²) in [5, 5.41) is 6.93. The molecule has 0 saturated carbocycles. The van der Waals surface area contributed by atoms with E-state index in [0.29, 0.717) is 5.92 Å². The molecule has 1 aromatic rings. The number of hydrogen-bond donors (Lipinski definition) is 2. The van der Waals surface area contributed by atoms with E-state index in [1.165, 1.54) is 5.56 Å². The van der Waals surface area contributed by atoms with Gasteiger partial charge in [0.15, 0.2) is 5.96 Å². The van der Waals surface area contributed by atoms with Crippen molar-refractivity contribution in [3.8, 4) is 0 Å². The molecule has 1 fully saturated rings. The first-order valence-corrected chi connectivity index (χ1v) is 10.7. The Morgan fingerprint density at radius 1 is 1.21 bits per heavy atom. The number of halogens is 2. The summed E-state index contributed by atoms with van der Waals surface area (Å²) in [7, 11) is 1.82. The monoisotopic (exact) mass is 567 g/mol. The van der Waals surface area contributed by atoms with Gasteiger partial charge in [-0.25, -0.2) is 0 Å². The summed E-state index contributed by atoms with van der Waals surface area (Å²) in [4.78, 5) is 4.37. The average Bonchev–Trinajstić information content (AvgIpc) is 2.68. The molecular formula is C21H35BrIN3O2. The molecule has 0 radical (unpaired) electrons. The highest BCUT2D eigenvalue weighted by Gasteiger charge is 2.34. The minimum absolute atomic E-state index is 0. The molecule has 0 atom stereocenters. The Balaban J connectivity index is 0.00000392. The fraction of sp³-hybridized carbons (Fsp3) is 0.667. The van der Waals surface area contributed by atoms with Crippen LogP contribution in [-0.2, 0) is 14.9 Å². The van der Waals surface area contributed by atoms with E-state index in [4.69, 9.17) is 9.47 Å². The van der Waals surface area contributed by atoms with Crippen molar-refractivity contribution in [2.75, 3.05) is 46.6 Å². The maximum atomic E-state index is 5.63. The number of benzene rings is 1. The molecule has 7 heteroatoms. The van der Waals surface area contributed by atoms with E-state index in [9.17, 15) is 0 Å². The molecule has 2 rings (SSSR count). The third-order valence-electron chi connectivity index (χ3n) is 4.93. The molecule has 0 aromatic heterocycles. The van der Waals surface area contributed by atoms with Crippen molar-refractivity contribution < 1.29 is 9.47 Å². The number of ether oxygens (including phenoxy) is 2. The molecule has 0 amide bonds. The maximum absolute atomic E-state index is 5.63. The largest absolute Gasteiger partial charge is 0.381 e. The van der Waals surface area contributed by atoms with Gasteiger partial charge < -0.3 is 20.1 Å². The Morgan fingerprint density at radius 3 is 2.50 bits per heavy atom. The minimum Gasteiger partial charge on any atom is -0.381 e. The van der Waals surface area contributed by atoms with Gasteiger partial charge >= 0.3 is 0 Å². The molecule has 5 nitrogen and oxygen atoms in total. The number of hydrogen-bond acceptors (Lipinski definition) is 3. The summed E-state index contributed by atoms with van der Waals surface area (Å²) in [5.74, 6) is 1.43. The first kappa shape index (κ1) is 25.7. The Bertz CT molecular complexity index is 576. The molecule has 1 aromatic carbocycles. The first-order valence-electron chi connectivity index (χ1n) is 9.92. The van der Waals surface area contributed by atoms with Crippen LogP contribution in [0.2, 0.25) is 0 Å². The standard InChI is InChI=1S/C21H34BrN3O2.HI/c1-17(2)15-27-12-4-11-24-20(23-3)25-16-21(9-13-26-14-10-21)18-5-7-19(22)8-6-18;/h5-8,17H,4,9-16H2,1-3H3,(H2,23,24,25);1H. The first-order chi connectivity index (χ1) is 13.1. The summed E-state index contributed by atoms with van der Waals surface area (Å²) in [6.45, 7) is 9.25. The Labute approximate surface area is 195 Å². The molecule has 28 heavy (non-hydrogen) atoms. The highest BCUT2D eigenvalue weighted by molar-refractivity contribution is 14.0. The van der Waals surface area contributed by atoms with Crippen LogP contribution < -0.4 is 10.6 Å². The Morgan fingerprint density at radius 2 is 1.89 bits per heavy atom. The van der Waals surface area contributed by atoms with Gasteiger partial charge in [0.1, 0.15) is 0 Å². The van der Waals surface area contributed by atoms with Gasteiger partial charge in [-0.2, -0.15) is 0 Å². The zero-order chi connectivity index (χ0) is 19.5. The van der Waals surface area contributed by atoms with Gasteiger partial charge in [0.05, 0.1) is 0 Å². The van der Waals surface area contributed by atoms with Crippen molar-refractivity contribution in [3.63, 3.8) is 0 Å². The van der Waals surface area contributed by atoms with Crippen LogP contribution in [0.1, 0.15) is 38.7 Å². The van der Waals surface area contributed by atoms with Crippen LogP contribution in [0.25, 0.3) is 0 Å². The van der Waals surface area contributed by atoms with Crippen LogP contribution in [0, 0.1) is 5.92 Å². The molecule has 0 bridgehead atoms. The lowest BCUT2D eigenvalue weighted by Gasteiger charge is -2.38. The molecule has 1 aliphatic rings. The number of aliphatic imine (C=N–C) groups is 1. The lowest BCUT2D eigenvalue weighted by Crippen LogP contribution is -2.48. The van der Waals surface area contributed by atoms with Crippen LogP contribution in [0.3, 0.4) is 0 Å².